The van der Waals surface area contributed by atoms with Crippen molar-refractivity contribution < 1.29 is 27.9 Å². The molecule has 1 aliphatic carbocycles. The van der Waals surface area contributed by atoms with Crippen molar-refractivity contribution >= 4 is 35.1 Å². The number of hydrogen-bond acceptors (Lipinski definition) is 6. The Balaban J connectivity index is 0.000000215. The number of carboxylic acid groups (broad SMARTS) is 1. The van der Waals surface area contributed by atoms with E-state index < -0.39 is 23.6 Å². The van der Waals surface area contributed by atoms with Gasteiger partial charge in [-0.15, -0.1) is 0 Å². The highest BCUT2D eigenvalue weighted by atomic mass is 35.5. The molecule has 0 bridgehead atoms. The van der Waals surface area contributed by atoms with Crippen molar-refractivity contribution in [2.24, 2.45) is 0 Å². The summed E-state index contributed by atoms with van der Waals surface area (Å²) in [5.74, 6) is 9.61. The van der Waals surface area contributed by atoms with Crippen molar-refractivity contribution in [2.45, 2.75) is 24.6 Å². The minimum absolute atomic E-state index is 0.00694. The van der Waals surface area contributed by atoms with Crippen LogP contribution in [-0.4, -0.2) is 60.6 Å². The molecule has 1 N–H and O–H groups in total. The van der Waals surface area contributed by atoms with E-state index in [9.17, 15) is 22.8 Å². The third-order valence-electron chi connectivity index (χ3n) is 6.30. The van der Waals surface area contributed by atoms with E-state index in [0.717, 1.165) is 17.5 Å². The van der Waals surface area contributed by atoms with Gasteiger partial charge < -0.3 is 10.0 Å². The van der Waals surface area contributed by atoms with Crippen molar-refractivity contribution in [3.63, 3.8) is 0 Å². The fourth-order valence-electron chi connectivity index (χ4n) is 3.73. The molecular formula is C31H20Cl2F3N5O3. The number of pyridine rings is 4. The molecule has 13 heteroatoms. The van der Waals surface area contributed by atoms with E-state index in [1.807, 2.05) is 0 Å². The lowest BCUT2D eigenvalue weighted by atomic mass is 10.2. The first-order chi connectivity index (χ1) is 20.9. The molecule has 0 spiro atoms. The second-order valence-corrected chi connectivity index (χ2v) is 10.1. The summed E-state index contributed by atoms with van der Waals surface area (Å²) in [7, 11) is 1.16. The van der Waals surface area contributed by atoms with Crippen molar-refractivity contribution in [1.29, 1.82) is 0 Å². The summed E-state index contributed by atoms with van der Waals surface area (Å²) in [6, 6.07) is 10.9. The molecule has 0 aliphatic heterocycles. The summed E-state index contributed by atoms with van der Waals surface area (Å²) in [5.41, 5.74) is 0.360. The lowest BCUT2D eigenvalue weighted by Crippen LogP contribution is -2.49. The Morgan fingerprint density at radius 3 is 1.91 bits per heavy atom. The Morgan fingerprint density at radius 2 is 1.41 bits per heavy atom. The van der Waals surface area contributed by atoms with E-state index in [2.05, 4.69) is 43.6 Å². The van der Waals surface area contributed by atoms with Gasteiger partial charge in [0.25, 0.3) is 5.91 Å². The lowest BCUT2D eigenvalue weighted by Gasteiger charge is -2.29. The number of aromatic carboxylic acids is 1. The maximum absolute atomic E-state index is 13.1. The maximum atomic E-state index is 13.1. The Morgan fingerprint density at radius 1 is 0.818 bits per heavy atom. The van der Waals surface area contributed by atoms with Gasteiger partial charge in [-0.25, -0.2) is 19.7 Å². The predicted octanol–water partition coefficient (Wildman–Crippen LogP) is 5.92. The SMILES string of the molecule is CN(C(=O)c1ccc(C#Cc2cncc(Cl)c2)cn1)C1(C(F)(F)F)CC1.O=C(O)c1ccc(C#Cc2ccnc(Cl)c2)cn1. The molecule has 5 rings (SSSR count). The van der Waals surface area contributed by atoms with E-state index in [1.54, 1.807) is 36.7 Å². The normalized spacial score (nSPS) is 12.7. The first-order valence-electron chi connectivity index (χ1n) is 12.6. The smallest absolute Gasteiger partial charge is 0.411 e. The van der Waals surface area contributed by atoms with Gasteiger partial charge in [0.05, 0.1) is 5.02 Å². The molecule has 1 aliphatic rings. The molecule has 0 aromatic carbocycles. The maximum Gasteiger partial charge on any atom is 0.411 e. The monoisotopic (exact) mass is 637 g/mol. The number of rotatable bonds is 3. The second-order valence-electron chi connectivity index (χ2n) is 9.32. The zero-order valence-electron chi connectivity index (χ0n) is 22.7. The molecule has 1 amide bonds. The summed E-state index contributed by atoms with van der Waals surface area (Å²) >= 11 is 11.5. The molecular weight excluding hydrogens is 618 g/mol. The molecule has 4 aromatic heterocycles. The highest BCUT2D eigenvalue weighted by Crippen LogP contribution is 2.53. The van der Waals surface area contributed by atoms with Crippen LogP contribution in [0.2, 0.25) is 10.2 Å². The van der Waals surface area contributed by atoms with Crippen molar-refractivity contribution in [3.8, 4) is 23.7 Å². The quantitative estimate of drug-likeness (QED) is 0.219. The van der Waals surface area contributed by atoms with E-state index in [1.165, 1.54) is 36.8 Å². The zero-order chi connectivity index (χ0) is 31.9. The number of carbonyl (C=O) groups excluding carboxylic acids is 1. The van der Waals surface area contributed by atoms with Gasteiger partial charge in [0.15, 0.2) is 0 Å². The van der Waals surface area contributed by atoms with E-state index in [0.29, 0.717) is 26.9 Å². The van der Waals surface area contributed by atoms with Crippen LogP contribution < -0.4 is 0 Å². The predicted molar refractivity (Wildman–Crippen MR) is 156 cm³/mol. The number of amides is 1. The fourth-order valence-corrected chi connectivity index (χ4v) is 4.08. The van der Waals surface area contributed by atoms with Crippen LogP contribution in [0.3, 0.4) is 0 Å². The number of halogens is 5. The molecule has 0 radical (unpaired) electrons. The highest BCUT2D eigenvalue weighted by molar-refractivity contribution is 6.30. The van der Waals surface area contributed by atoms with Gasteiger partial charge in [0.1, 0.15) is 22.1 Å². The molecule has 44 heavy (non-hydrogen) atoms. The lowest BCUT2D eigenvalue weighted by molar-refractivity contribution is -0.185. The highest BCUT2D eigenvalue weighted by Gasteiger charge is 2.67. The Kier molecular flexibility index (Phi) is 9.84. The van der Waals surface area contributed by atoms with Crippen molar-refractivity contribution in [2.75, 3.05) is 7.05 Å². The van der Waals surface area contributed by atoms with Crippen LogP contribution in [-0.2, 0) is 0 Å². The second kappa shape index (κ2) is 13.6. The zero-order valence-corrected chi connectivity index (χ0v) is 24.2. The van der Waals surface area contributed by atoms with Crippen LogP contribution in [0.5, 0.6) is 0 Å². The van der Waals surface area contributed by atoms with Gasteiger partial charge in [0.2, 0.25) is 0 Å². The molecule has 8 nitrogen and oxygen atoms in total. The summed E-state index contributed by atoms with van der Waals surface area (Å²) in [6.45, 7) is 0. The molecule has 4 heterocycles. The average Bonchev–Trinajstić information content (AvgIpc) is 3.82. The van der Waals surface area contributed by atoms with Crippen LogP contribution in [0.1, 0.15) is 56.1 Å². The number of carboxylic acids is 1. The Hall–Kier alpha value is -4.97. The topological polar surface area (TPSA) is 109 Å². The first-order valence-corrected chi connectivity index (χ1v) is 13.4. The van der Waals surface area contributed by atoms with Gasteiger partial charge >= 0.3 is 12.1 Å². The third kappa shape index (κ3) is 8.10. The molecule has 0 atom stereocenters. The molecule has 1 saturated carbocycles. The number of carbonyl (C=O) groups is 2. The molecule has 1 fully saturated rings. The number of aromatic nitrogens is 4. The number of alkyl halides is 3. The summed E-state index contributed by atoms with van der Waals surface area (Å²) in [4.78, 5) is 39.1. The fraction of sp³-hybridized carbons (Fsp3) is 0.161. The number of hydrogen-bond donors (Lipinski definition) is 1. The summed E-state index contributed by atoms with van der Waals surface area (Å²) < 4.78 is 39.4. The van der Waals surface area contributed by atoms with Crippen LogP contribution >= 0.6 is 23.2 Å². The van der Waals surface area contributed by atoms with Gasteiger partial charge in [-0.1, -0.05) is 46.9 Å². The standard InChI is InChI=1S/C18H13ClF3N3O.C13H7ClN2O2/c1-25(17(6-7-17)18(20,21)22)16(26)15-5-4-12(10-24-15)2-3-13-8-14(19)11-23-9-13;14-12-7-9(5-6-15-12)1-2-10-3-4-11(13(17)18)16-8-10/h4-5,8-11H,6-7H2,1H3;3-8H,(H,17,18). The Bertz CT molecular complexity index is 1810. The minimum Gasteiger partial charge on any atom is -0.477 e. The van der Waals surface area contributed by atoms with Gasteiger partial charge in [-0.2, -0.15) is 13.2 Å². The molecule has 0 saturated heterocycles. The van der Waals surface area contributed by atoms with Crippen LogP contribution in [0.4, 0.5) is 13.2 Å². The largest absolute Gasteiger partial charge is 0.477 e. The van der Waals surface area contributed by atoms with E-state index >= 15 is 0 Å². The Labute approximate surface area is 259 Å². The minimum atomic E-state index is -4.45. The van der Waals surface area contributed by atoms with Gasteiger partial charge in [-0.05, 0) is 55.3 Å². The van der Waals surface area contributed by atoms with E-state index in [4.69, 9.17) is 28.3 Å². The summed E-state index contributed by atoms with van der Waals surface area (Å²) in [5, 5.41) is 9.53. The molecule has 222 valence electrons. The van der Waals surface area contributed by atoms with E-state index in [-0.39, 0.29) is 24.2 Å². The van der Waals surface area contributed by atoms with Gasteiger partial charge in [-0.3, -0.25) is 9.78 Å². The average molecular weight is 638 g/mol. The molecule has 0 unspecified atom stereocenters. The first kappa shape index (κ1) is 32.0. The molecule has 4 aromatic rings. The van der Waals surface area contributed by atoms with Crippen LogP contribution in [0, 0.1) is 23.7 Å². The van der Waals surface area contributed by atoms with Crippen molar-refractivity contribution in [3.05, 3.63) is 117 Å². The third-order valence-corrected chi connectivity index (χ3v) is 6.71. The van der Waals surface area contributed by atoms with Gasteiger partial charge in [0, 0.05) is 60.3 Å². The van der Waals surface area contributed by atoms with Crippen LogP contribution in [0.25, 0.3) is 0 Å². The summed E-state index contributed by atoms with van der Waals surface area (Å²) in [6.07, 6.45) is 2.74. The van der Waals surface area contributed by atoms with Crippen molar-refractivity contribution in [1.82, 2.24) is 24.8 Å². The number of nitrogens with zero attached hydrogens (tertiary/aromatic N) is 5. The van der Waals surface area contributed by atoms with Crippen LogP contribution in [0.15, 0.2) is 73.4 Å².